The fourth-order valence-corrected chi connectivity index (χ4v) is 2.99. The molecular formula is C18H22ClNO5. The van der Waals surface area contributed by atoms with Gasteiger partial charge in [-0.05, 0) is 30.5 Å². The Labute approximate surface area is 152 Å². The van der Waals surface area contributed by atoms with E-state index in [0.29, 0.717) is 23.4 Å². The lowest BCUT2D eigenvalue weighted by molar-refractivity contribution is -0.144. The van der Waals surface area contributed by atoms with E-state index in [1.54, 1.807) is 25.1 Å². The van der Waals surface area contributed by atoms with Crippen LogP contribution in [0, 0.1) is 5.92 Å². The van der Waals surface area contributed by atoms with E-state index in [4.69, 9.17) is 21.1 Å². The van der Waals surface area contributed by atoms with Gasteiger partial charge in [0, 0.05) is 5.56 Å². The first-order chi connectivity index (χ1) is 11.8. The Kier molecular flexibility index (Phi) is 6.06. The van der Waals surface area contributed by atoms with Gasteiger partial charge in [0.15, 0.2) is 11.9 Å². The number of nitrogens with zero attached hydrogens (tertiary/aromatic N) is 1. The minimum absolute atomic E-state index is 0.0811. The zero-order chi connectivity index (χ0) is 18.7. The third kappa shape index (κ3) is 3.63. The molecule has 25 heavy (non-hydrogen) atoms. The quantitative estimate of drug-likeness (QED) is 0.439. The molecule has 0 fully saturated rings. The molecule has 0 aliphatic carbocycles. The second kappa shape index (κ2) is 7.87. The highest BCUT2D eigenvalue weighted by Gasteiger charge is 2.42. The van der Waals surface area contributed by atoms with E-state index in [1.807, 2.05) is 13.8 Å². The number of Topliss-reactive ketones (excluding diaryl/α,β-unsaturated/α-hetero) is 1. The molecule has 1 aromatic carbocycles. The molecule has 6 nitrogen and oxygen atoms in total. The average molecular weight is 368 g/mol. The van der Waals surface area contributed by atoms with Crippen molar-refractivity contribution in [1.29, 1.82) is 0 Å². The van der Waals surface area contributed by atoms with Gasteiger partial charge in [-0.1, -0.05) is 20.8 Å². The van der Waals surface area contributed by atoms with E-state index in [1.165, 1.54) is 12.0 Å². The van der Waals surface area contributed by atoms with Crippen molar-refractivity contribution in [3.63, 3.8) is 0 Å². The van der Waals surface area contributed by atoms with Crippen molar-refractivity contribution >= 4 is 34.9 Å². The largest absolute Gasteiger partial charge is 0.478 e. The van der Waals surface area contributed by atoms with Crippen LogP contribution in [0.1, 0.15) is 37.6 Å². The summed E-state index contributed by atoms with van der Waals surface area (Å²) >= 11 is 5.63. The average Bonchev–Trinajstić information content (AvgIpc) is 2.61. The maximum absolute atomic E-state index is 13.0. The van der Waals surface area contributed by atoms with Gasteiger partial charge in [-0.15, -0.1) is 11.6 Å². The SMILES string of the molecule is CCC(C(=O)OC)N1C(=O)C(C(C)C)Oc2ccc(C(=O)CCl)cc21. The van der Waals surface area contributed by atoms with Gasteiger partial charge in [0.25, 0.3) is 5.91 Å². The van der Waals surface area contributed by atoms with Crippen LogP contribution in [0.2, 0.25) is 0 Å². The number of anilines is 1. The highest BCUT2D eigenvalue weighted by molar-refractivity contribution is 6.30. The third-order valence-corrected chi connectivity index (χ3v) is 4.42. The molecule has 0 spiro atoms. The summed E-state index contributed by atoms with van der Waals surface area (Å²) in [7, 11) is 1.28. The minimum atomic E-state index is -0.789. The number of rotatable bonds is 6. The fourth-order valence-electron chi connectivity index (χ4n) is 2.83. The Balaban J connectivity index is 2.60. The molecule has 136 valence electrons. The monoisotopic (exact) mass is 367 g/mol. The Morgan fingerprint density at radius 2 is 2.04 bits per heavy atom. The summed E-state index contributed by atoms with van der Waals surface area (Å²) in [4.78, 5) is 38.5. The number of amides is 1. The number of halogens is 1. The number of alkyl halides is 1. The van der Waals surface area contributed by atoms with E-state index in [0.717, 1.165) is 0 Å². The smallest absolute Gasteiger partial charge is 0.328 e. The van der Waals surface area contributed by atoms with Gasteiger partial charge in [-0.25, -0.2) is 4.79 Å². The molecule has 0 saturated heterocycles. The van der Waals surface area contributed by atoms with Gasteiger partial charge in [0.2, 0.25) is 0 Å². The van der Waals surface area contributed by atoms with Gasteiger partial charge in [-0.2, -0.15) is 0 Å². The summed E-state index contributed by atoms with van der Waals surface area (Å²) in [5.74, 6) is -0.908. The number of fused-ring (bicyclic) bond motifs is 1. The van der Waals surface area contributed by atoms with Crippen LogP contribution in [0.15, 0.2) is 18.2 Å². The molecule has 2 atom stereocenters. The highest BCUT2D eigenvalue weighted by atomic mass is 35.5. The minimum Gasteiger partial charge on any atom is -0.478 e. The molecule has 0 aromatic heterocycles. The van der Waals surface area contributed by atoms with Crippen molar-refractivity contribution in [3.05, 3.63) is 23.8 Å². The molecule has 2 unspecified atom stereocenters. The van der Waals surface area contributed by atoms with Crippen molar-refractivity contribution in [2.45, 2.75) is 39.3 Å². The van der Waals surface area contributed by atoms with E-state index in [-0.39, 0.29) is 23.5 Å². The molecule has 1 aromatic rings. The van der Waals surface area contributed by atoms with Crippen LogP contribution in [0.3, 0.4) is 0 Å². The van der Waals surface area contributed by atoms with E-state index in [2.05, 4.69) is 0 Å². The number of ether oxygens (including phenoxy) is 2. The third-order valence-electron chi connectivity index (χ3n) is 4.17. The van der Waals surface area contributed by atoms with Crippen molar-refractivity contribution in [2.24, 2.45) is 5.92 Å². The molecular weight excluding hydrogens is 346 g/mol. The number of methoxy groups -OCH3 is 1. The van der Waals surface area contributed by atoms with Gasteiger partial charge in [-0.3, -0.25) is 14.5 Å². The maximum Gasteiger partial charge on any atom is 0.328 e. The van der Waals surface area contributed by atoms with Gasteiger partial charge in [0.1, 0.15) is 11.8 Å². The van der Waals surface area contributed by atoms with Crippen LogP contribution in [0.25, 0.3) is 0 Å². The summed E-state index contributed by atoms with van der Waals surface area (Å²) in [6, 6.07) is 3.99. The highest BCUT2D eigenvalue weighted by Crippen LogP contribution is 2.38. The van der Waals surface area contributed by atoms with Crippen molar-refractivity contribution < 1.29 is 23.9 Å². The van der Waals surface area contributed by atoms with Crippen LogP contribution in [-0.4, -0.2) is 42.8 Å². The normalized spacial score (nSPS) is 17.8. The van der Waals surface area contributed by atoms with Crippen LogP contribution in [0.4, 0.5) is 5.69 Å². The predicted octanol–water partition coefficient (Wildman–Crippen LogP) is 2.81. The fraction of sp³-hybridized carbons (Fsp3) is 0.500. The molecule has 7 heteroatoms. The van der Waals surface area contributed by atoms with Crippen molar-refractivity contribution in [3.8, 4) is 5.75 Å². The number of benzene rings is 1. The van der Waals surface area contributed by atoms with Crippen LogP contribution in [-0.2, 0) is 14.3 Å². The van der Waals surface area contributed by atoms with Crippen LogP contribution in [0.5, 0.6) is 5.75 Å². The van der Waals surface area contributed by atoms with E-state index in [9.17, 15) is 14.4 Å². The standard InChI is InChI=1S/C18H22ClNO5/c1-5-12(18(23)24-4)20-13-8-11(14(21)9-19)6-7-15(13)25-16(10(2)3)17(20)22/h6-8,10,12,16H,5,9H2,1-4H3. The number of hydrogen-bond donors (Lipinski definition) is 0. The summed E-state index contributed by atoms with van der Waals surface area (Å²) in [5, 5.41) is 0. The molecule has 1 aliphatic heterocycles. The zero-order valence-corrected chi connectivity index (χ0v) is 15.5. The first-order valence-electron chi connectivity index (χ1n) is 8.16. The molecule has 1 amide bonds. The van der Waals surface area contributed by atoms with Gasteiger partial charge >= 0.3 is 5.97 Å². The van der Waals surface area contributed by atoms with E-state index < -0.39 is 18.1 Å². The first kappa shape index (κ1) is 19.2. The molecule has 0 N–H and O–H groups in total. The molecule has 1 aliphatic rings. The van der Waals surface area contributed by atoms with Crippen molar-refractivity contribution in [2.75, 3.05) is 17.9 Å². The summed E-state index contributed by atoms with van der Waals surface area (Å²) in [5.41, 5.74) is 0.744. The number of carbonyl (C=O) groups is 3. The molecule has 2 rings (SSSR count). The number of carbonyl (C=O) groups excluding carboxylic acids is 3. The molecule has 1 heterocycles. The Bertz CT molecular complexity index is 688. The lowest BCUT2D eigenvalue weighted by Gasteiger charge is -2.39. The molecule has 0 saturated carbocycles. The number of hydrogen-bond acceptors (Lipinski definition) is 5. The van der Waals surface area contributed by atoms with Gasteiger partial charge in [0.05, 0.1) is 18.7 Å². The zero-order valence-electron chi connectivity index (χ0n) is 14.7. The van der Waals surface area contributed by atoms with Crippen LogP contribution < -0.4 is 9.64 Å². The summed E-state index contributed by atoms with van der Waals surface area (Å²) < 4.78 is 10.7. The van der Waals surface area contributed by atoms with Gasteiger partial charge < -0.3 is 9.47 Å². The van der Waals surface area contributed by atoms with E-state index >= 15 is 0 Å². The Morgan fingerprint density at radius 3 is 2.56 bits per heavy atom. The van der Waals surface area contributed by atoms with Crippen LogP contribution >= 0.6 is 11.6 Å². The number of esters is 1. The Hall–Kier alpha value is -2.08. The summed E-state index contributed by atoms with van der Waals surface area (Å²) in [6.07, 6.45) is -0.336. The Morgan fingerprint density at radius 1 is 1.36 bits per heavy atom. The second-order valence-electron chi connectivity index (χ2n) is 6.18. The molecule has 0 radical (unpaired) electrons. The first-order valence-corrected chi connectivity index (χ1v) is 8.69. The van der Waals surface area contributed by atoms with Crippen molar-refractivity contribution in [1.82, 2.24) is 0 Å². The summed E-state index contributed by atoms with van der Waals surface area (Å²) in [6.45, 7) is 5.54. The maximum atomic E-state index is 13.0. The second-order valence-corrected chi connectivity index (χ2v) is 6.44. The molecule has 0 bridgehead atoms. The lowest BCUT2D eigenvalue weighted by atomic mass is 9.99. The topological polar surface area (TPSA) is 72.9 Å². The predicted molar refractivity (Wildman–Crippen MR) is 94.3 cm³/mol. The number of ketones is 1. The lowest BCUT2D eigenvalue weighted by Crippen LogP contribution is -2.55.